The molecule has 48 heavy (non-hydrogen) atoms. The Morgan fingerprint density at radius 1 is 0.938 bits per heavy atom. The molecule has 2 rings (SSSR count). The van der Waals surface area contributed by atoms with E-state index in [9.17, 15) is 28.8 Å². The summed E-state index contributed by atoms with van der Waals surface area (Å²) >= 11 is 1.25. The Labute approximate surface area is 289 Å². The number of amides is 5. The van der Waals surface area contributed by atoms with Crippen molar-refractivity contribution in [3.05, 3.63) is 35.4 Å². The van der Waals surface area contributed by atoms with Crippen LogP contribution >= 0.6 is 11.8 Å². The molecular weight excluding hydrogens is 636 g/mol. The lowest BCUT2D eigenvalue weighted by Crippen LogP contribution is -2.35. The maximum atomic E-state index is 12.9. The van der Waals surface area contributed by atoms with Crippen LogP contribution in [-0.4, -0.2) is 97.3 Å². The summed E-state index contributed by atoms with van der Waals surface area (Å²) in [5, 5.41) is 7.67. The Bertz CT molecular complexity index is 1180. The van der Waals surface area contributed by atoms with Gasteiger partial charge in [0.15, 0.2) is 0 Å². The molecular formula is C35H54N4O8S. The Morgan fingerprint density at radius 2 is 1.62 bits per heavy atom. The van der Waals surface area contributed by atoms with Crippen LogP contribution in [0.15, 0.2) is 24.3 Å². The summed E-state index contributed by atoms with van der Waals surface area (Å²) in [7, 11) is 0. The van der Waals surface area contributed by atoms with Gasteiger partial charge in [0.1, 0.15) is 5.78 Å². The van der Waals surface area contributed by atoms with Gasteiger partial charge in [-0.25, -0.2) is 0 Å². The fraction of sp³-hybridized carbons (Fsp3) is 0.657. The number of hydrogen-bond donors (Lipinski definition) is 3. The monoisotopic (exact) mass is 690 g/mol. The van der Waals surface area contributed by atoms with Crippen molar-refractivity contribution in [3.8, 4) is 0 Å². The van der Waals surface area contributed by atoms with Crippen LogP contribution in [0.2, 0.25) is 0 Å². The summed E-state index contributed by atoms with van der Waals surface area (Å²) in [4.78, 5) is 74.3. The summed E-state index contributed by atoms with van der Waals surface area (Å²) in [6.07, 6.45) is 2.57. The van der Waals surface area contributed by atoms with Crippen molar-refractivity contribution >= 4 is 47.6 Å². The van der Waals surface area contributed by atoms with Crippen LogP contribution in [0, 0.1) is 5.92 Å². The van der Waals surface area contributed by atoms with E-state index >= 15 is 0 Å². The van der Waals surface area contributed by atoms with Gasteiger partial charge < -0.3 is 25.4 Å². The predicted molar refractivity (Wildman–Crippen MR) is 185 cm³/mol. The van der Waals surface area contributed by atoms with Gasteiger partial charge in [0.05, 0.1) is 25.1 Å². The first kappa shape index (κ1) is 40.9. The zero-order valence-corrected chi connectivity index (χ0v) is 29.7. The number of Topliss-reactive ketones (excluding diaryl/α,β-unsaturated/α-hetero) is 1. The van der Waals surface area contributed by atoms with E-state index in [0.29, 0.717) is 50.2 Å². The van der Waals surface area contributed by atoms with Gasteiger partial charge in [0.25, 0.3) is 0 Å². The molecule has 3 N–H and O–H groups in total. The van der Waals surface area contributed by atoms with E-state index in [0.717, 1.165) is 12.0 Å². The lowest BCUT2D eigenvalue weighted by Gasteiger charge is -2.18. The molecule has 0 aliphatic carbocycles. The molecule has 1 heterocycles. The lowest BCUT2D eigenvalue weighted by molar-refractivity contribution is -0.138. The van der Waals surface area contributed by atoms with Crippen molar-refractivity contribution in [2.24, 2.45) is 5.92 Å². The highest BCUT2D eigenvalue weighted by molar-refractivity contribution is 8.00. The molecule has 13 heteroatoms. The quantitative estimate of drug-likeness (QED) is 0.0754. The number of thioether (sulfide) groups is 1. The molecule has 2 unspecified atom stereocenters. The number of rotatable bonds is 26. The van der Waals surface area contributed by atoms with Crippen LogP contribution in [0.25, 0.3) is 0 Å². The van der Waals surface area contributed by atoms with E-state index < -0.39 is 11.3 Å². The highest BCUT2D eigenvalue weighted by Gasteiger charge is 2.38. The van der Waals surface area contributed by atoms with Crippen molar-refractivity contribution < 1.29 is 38.2 Å². The summed E-state index contributed by atoms with van der Waals surface area (Å²) in [5.74, 6) is 0.317. The van der Waals surface area contributed by atoms with Gasteiger partial charge in [-0.3, -0.25) is 33.7 Å². The number of ketones is 1. The van der Waals surface area contributed by atoms with E-state index in [1.54, 1.807) is 0 Å². The number of likely N-dealkylation sites (tertiary alicyclic amines) is 1. The van der Waals surface area contributed by atoms with E-state index in [2.05, 4.69) is 55.8 Å². The summed E-state index contributed by atoms with van der Waals surface area (Å²) in [6.45, 7) is 10.8. The highest BCUT2D eigenvalue weighted by atomic mass is 32.2. The molecule has 0 bridgehead atoms. The van der Waals surface area contributed by atoms with Crippen LogP contribution in [0.1, 0.15) is 89.7 Å². The molecule has 0 saturated carbocycles. The molecule has 0 spiro atoms. The average molecular weight is 691 g/mol. The smallest absolute Gasteiger partial charge is 0.242 e. The molecule has 5 amide bonds. The van der Waals surface area contributed by atoms with Crippen molar-refractivity contribution in [3.63, 3.8) is 0 Å². The molecule has 1 aliphatic rings. The average Bonchev–Trinajstić information content (AvgIpc) is 3.31. The molecule has 1 aromatic carbocycles. The number of carbonyl (C=O) groups excluding carboxylic acids is 6. The van der Waals surface area contributed by atoms with Gasteiger partial charge in [0, 0.05) is 70.1 Å². The third kappa shape index (κ3) is 16.7. The van der Waals surface area contributed by atoms with E-state index in [1.807, 2.05) is 12.1 Å². The van der Waals surface area contributed by atoms with Gasteiger partial charge in [-0.15, -0.1) is 11.8 Å². The molecule has 0 aromatic heterocycles. The van der Waals surface area contributed by atoms with Gasteiger partial charge in [0.2, 0.25) is 30.0 Å². The lowest BCUT2D eigenvalue weighted by atomic mass is 10.0. The highest BCUT2D eigenvalue weighted by Crippen LogP contribution is 2.26. The number of nitrogens with one attached hydrogen (secondary N) is 3. The van der Waals surface area contributed by atoms with Crippen LogP contribution in [-0.2, 0) is 44.8 Å². The maximum absolute atomic E-state index is 12.9. The number of benzene rings is 1. The first-order chi connectivity index (χ1) is 23.0. The second-order valence-corrected chi connectivity index (χ2v) is 13.9. The van der Waals surface area contributed by atoms with Crippen molar-refractivity contribution in [2.45, 2.75) is 96.4 Å². The molecule has 1 fully saturated rings. The SMILES string of the molecule is CC(C)CCOCCC(=O)CC(CSC1CC(=O)N(CCCC(=O)NCCOCCC(=O)NCc2ccc(C(C)C)cc2)C1=O)NC=O. The molecule has 268 valence electrons. The fourth-order valence-electron chi connectivity index (χ4n) is 4.82. The number of imide groups is 1. The van der Waals surface area contributed by atoms with Crippen LogP contribution in [0.5, 0.6) is 0 Å². The maximum Gasteiger partial charge on any atom is 0.242 e. The number of nitrogens with zero attached hydrogens (tertiary/aromatic N) is 1. The fourth-order valence-corrected chi connectivity index (χ4v) is 6.03. The van der Waals surface area contributed by atoms with Crippen molar-refractivity contribution in [1.29, 1.82) is 0 Å². The summed E-state index contributed by atoms with van der Waals surface area (Å²) < 4.78 is 11.0. The van der Waals surface area contributed by atoms with E-state index in [-0.39, 0.29) is 87.8 Å². The van der Waals surface area contributed by atoms with E-state index in [4.69, 9.17) is 9.47 Å². The summed E-state index contributed by atoms with van der Waals surface area (Å²) in [5.41, 5.74) is 2.28. The number of carbonyl (C=O) groups is 6. The molecule has 1 aromatic rings. The third-order valence-electron chi connectivity index (χ3n) is 7.81. The number of ether oxygens (including phenoxy) is 2. The topological polar surface area (TPSA) is 160 Å². The molecule has 0 radical (unpaired) electrons. The normalized spacial score (nSPS) is 15.2. The third-order valence-corrected chi connectivity index (χ3v) is 9.17. The molecule has 1 aliphatic heterocycles. The Hall–Kier alpha value is -3.29. The van der Waals surface area contributed by atoms with Crippen molar-refractivity contribution in [2.75, 3.05) is 45.3 Å². The largest absolute Gasteiger partial charge is 0.381 e. The standard InChI is InChI=1S/C35H54N4O8S/c1-25(2)11-16-46-17-12-30(41)20-29(38-24-40)23-48-31-21-34(44)39(35(31)45)15-5-6-32(42)36-14-19-47-18-13-33(43)37-22-27-7-9-28(10-8-27)26(3)4/h7-10,24-26,29,31H,5-6,11-23H2,1-4H3,(H,36,42)(H,37,43)(H,38,40). The minimum atomic E-state index is -0.591. The minimum absolute atomic E-state index is 0.0400. The van der Waals surface area contributed by atoms with Crippen molar-refractivity contribution in [1.82, 2.24) is 20.9 Å². The zero-order valence-electron chi connectivity index (χ0n) is 28.9. The first-order valence-corrected chi connectivity index (χ1v) is 18.0. The van der Waals surface area contributed by atoms with Crippen LogP contribution in [0.3, 0.4) is 0 Å². The van der Waals surface area contributed by atoms with Gasteiger partial charge in [-0.05, 0) is 35.8 Å². The Balaban J connectivity index is 1.56. The second-order valence-electron chi connectivity index (χ2n) is 12.7. The molecule has 1 saturated heterocycles. The molecule has 12 nitrogen and oxygen atoms in total. The molecule has 2 atom stereocenters. The second kappa shape index (κ2) is 23.1. The minimum Gasteiger partial charge on any atom is -0.381 e. The van der Waals surface area contributed by atoms with Crippen LogP contribution in [0.4, 0.5) is 0 Å². The summed E-state index contributed by atoms with van der Waals surface area (Å²) in [6, 6.07) is 7.71. The Morgan fingerprint density at radius 3 is 2.31 bits per heavy atom. The zero-order chi connectivity index (χ0) is 35.3. The number of hydrogen-bond acceptors (Lipinski definition) is 9. The van der Waals surface area contributed by atoms with E-state index in [1.165, 1.54) is 22.2 Å². The first-order valence-electron chi connectivity index (χ1n) is 16.9. The van der Waals surface area contributed by atoms with Gasteiger partial charge >= 0.3 is 0 Å². The van der Waals surface area contributed by atoms with Gasteiger partial charge in [-0.2, -0.15) is 0 Å². The Kier molecular flexibility index (Phi) is 19.7. The predicted octanol–water partition coefficient (Wildman–Crippen LogP) is 3.12. The van der Waals surface area contributed by atoms with Gasteiger partial charge in [-0.1, -0.05) is 52.0 Å². The van der Waals surface area contributed by atoms with Crippen LogP contribution < -0.4 is 16.0 Å².